The number of pyridine rings is 1. The molecule has 0 bridgehead atoms. The van der Waals surface area contributed by atoms with Gasteiger partial charge in [0, 0.05) is 30.8 Å². The van der Waals surface area contributed by atoms with Gasteiger partial charge in [-0.15, -0.1) is 0 Å². The summed E-state index contributed by atoms with van der Waals surface area (Å²) in [6, 6.07) is 9.94. The Kier molecular flexibility index (Phi) is 3.70. The van der Waals surface area contributed by atoms with Crippen molar-refractivity contribution < 1.29 is 4.74 Å². The van der Waals surface area contributed by atoms with Gasteiger partial charge in [0.05, 0.1) is 7.11 Å². The van der Waals surface area contributed by atoms with Crippen LogP contribution in [0.3, 0.4) is 0 Å². The van der Waals surface area contributed by atoms with Crippen LogP contribution >= 0.6 is 0 Å². The molecule has 1 aromatic carbocycles. The zero-order chi connectivity index (χ0) is 15.7. The summed E-state index contributed by atoms with van der Waals surface area (Å²) in [5, 5.41) is 9.54. The Balaban J connectivity index is 2.28. The van der Waals surface area contributed by atoms with Crippen LogP contribution in [0.1, 0.15) is 16.8 Å². The Labute approximate surface area is 129 Å². The van der Waals surface area contributed by atoms with E-state index in [0.29, 0.717) is 11.4 Å². The molecule has 1 aliphatic heterocycles. The van der Waals surface area contributed by atoms with Crippen molar-refractivity contribution in [1.29, 1.82) is 5.26 Å². The molecule has 22 heavy (non-hydrogen) atoms. The average Bonchev–Trinajstić information content (AvgIpc) is 2.54. The zero-order valence-corrected chi connectivity index (χ0v) is 12.8. The van der Waals surface area contributed by atoms with E-state index in [4.69, 9.17) is 10.5 Å². The smallest absolute Gasteiger partial charge is 0.142 e. The van der Waals surface area contributed by atoms with Crippen molar-refractivity contribution in [2.24, 2.45) is 0 Å². The van der Waals surface area contributed by atoms with Crippen LogP contribution in [0.2, 0.25) is 0 Å². The molecule has 0 amide bonds. The van der Waals surface area contributed by atoms with Gasteiger partial charge in [0.1, 0.15) is 23.2 Å². The lowest BCUT2D eigenvalue weighted by atomic mass is 9.91. The molecule has 2 heterocycles. The highest BCUT2D eigenvalue weighted by Gasteiger charge is 2.24. The Morgan fingerprint density at radius 3 is 2.95 bits per heavy atom. The van der Waals surface area contributed by atoms with Crippen LogP contribution in [0.5, 0.6) is 5.75 Å². The summed E-state index contributed by atoms with van der Waals surface area (Å²) in [4.78, 5) is 6.67. The summed E-state index contributed by atoms with van der Waals surface area (Å²) < 4.78 is 5.31. The van der Waals surface area contributed by atoms with Crippen LogP contribution in [0.4, 0.5) is 5.82 Å². The lowest BCUT2D eigenvalue weighted by molar-refractivity contribution is 0.310. The Morgan fingerprint density at radius 2 is 2.23 bits per heavy atom. The second-order valence-electron chi connectivity index (χ2n) is 5.50. The van der Waals surface area contributed by atoms with E-state index in [2.05, 4.69) is 23.0 Å². The third-order valence-corrected chi connectivity index (χ3v) is 4.04. The first-order valence-electron chi connectivity index (χ1n) is 7.18. The molecule has 112 valence electrons. The van der Waals surface area contributed by atoms with E-state index in [1.807, 2.05) is 24.3 Å². The van der Waals surface area contributed by atoms with Crippen molar-refractivity contribution in [2.75, 3.05) is 26.4 Å². The van der Waals surface area contributed by atoms with Gasteiger partial charge in [0.25, 0.3) is 0 Å². The molecule has 0 atom stereocenters. The van der Waals surface area contributed by atoms with Crippen LogP contribution < -0.4 is 10.5 Å². The third kappa shape index (κ3) is 2.38. The fraction of sp³-hybridized carbons (Fsp3) is 0.294. The number of ether oxygens (including phenoxy) is 1. The molecule has 0 aliphatic carbocycles. The molecule has 0 unspecified atom stereocenters. The monoisotopic (exact) mass is 294 g/mol. The molecule has 5 heteroatoms. The molecule has 3 rings (SSSR count). The van der Waals surface area contributed by atoms with Gasteiger partial charge in [-0.2, -0.15) is 5.26 Å². The van der Waals surface area contributed by atoms with E-state index >= 15 is 0 Å². The molecule has 0 saturated heterocycles. The largest absolute Gasteiger partial charge is 0.497 e. The zero-order valence-electron chi connectivity index (χ0n) is 12.8. The van der Waals surface area contributed by atoms with Gasteiger partial charge in [-0.05, 0) is 30.3 Å². The first-order chi connectivity index (χ1) is 10.6. The highest BCUT2D eigenvalue weighted by Crippen LogP contribution is 2.35. The number of nitrogen functional groups attached to an aromatic ring is 1. The molecular weight excluding hydrogens is 276 g/mol. The summed E-state index contributed by atoms with van der Waals surface area (Å²) >= 11 is 0. The highest BCUT2D eigenvalue weighted by atomic mass is 16.5. The van der Waals surface area contributed by atoms with Crippen LogP contribution in [0.15, 0.2) is 24.3 Å². The Morgan fingerprint density at radius 1 is 1.41 bits per heavy atom. The Bertz CT molecular complexity index is 764. The number of nitriles is 1. The van der Waals surface area contributed by atoms with Gasteiger partial charge < -0.3 is 15.4 Å². The van der Waals surface area contributed by atoms with Gasteiger partial charge in [-0.3, -0.25) is 0 Å². The lowest BCUT2D eigenvalue weighted by Gasteiger charge is -2.27. The molecule has 0 spiro atoms. The standard InChI is InChI=1S/C17H18N4O/c1-21-7-6-15-14(10-21)16(13(9-18)17(19)20-15)11-4-3-5-12(8-11)22-2/h3-5,8H,6-7,10H2,1-2H3,(H2,19,20). The predicted molar refractivity (Wildman–Crippen MR) is 85.4 cm³/mol. The fourth-order valence-corrected chi connectivity index (χ4v) is 2.93. The molecule has 2 aromatic rings. The predicted octanol–water partition coefficient (Wildman–Crippen LogP) is 2.20. The number of anilines is 1. The normalized spacial score (nSPS) is 14.2. The van der Waals surface area contributed by atoms with Crippen molar-refractivity contribution in [3.8, 4) is 22.9 Å². The summed E-state index contributed by atoms with van der Waals surface area (Å²) in [6.07, 6.45) is 0.846. The minimum absolute atomic E-state index is 0.309. The number of rotatable bonds is 2. The topological polar surface area (TPSA) is 75.2 Å². The second kappa shape index (κ2) is 5.66. The fourth-order valence-electron chi connectivity index (χ4n) is 2.93. The maximum atomic E-state index is 9.54. The number of nitrogens with two attached hydrogens (primary N) is 1. The first-order valence-corrected chi connectivity index (χ1v) is 7.18. The summed E-state index contributed by atoms with van der Waals surface area (Å²) in [5.41, 5.74) is 10.4. The number of aromatic nitrogens is 1. The summed E-state index contributed by atoms with van der Waals surface area (Å²) in [7, 11) is 3.70. The number of hydrogen-bond acceptors (Lipinski definition) is 5. The first kappa shape index (κ1) is 14.4. The summed E-state index contributed by atoms with van der Waals surface area (Å²) in [6.45, 7) is 1.72. The van der Waals surface area contributed by atoms with E-state index in [9.17, 15) is 5.26 Å². The molecular formula is C17H18N4O. The number of benzene rings is 1. The van der Waals surface area contributed by atoms with Gasteiger partial charge in [-0.25, -0.2) is 4.98 Å². The minimum Gasteiger partial charge on any atom is -0.497 e. The van der Waals surface area contributed by atoms with Gasteiger partial charge >= 0.3 is 0 Å². The van der Waals surface area contributed by atoms with Crippen LogP contribution in [0.25, 0.3) is 11.1 Å². The van der Waals surface area contributed by atoms with Crippen molar-refractivity contribution in [1.82, 2.24) is 9.88 Å². The number of likely N-dealkylation sites (N-methyl/N-ethyl adjacent to an activating group) is 1. The van der Waals surface area contributed by atoms with Crippen molar-refractivity contribution >= 4 is 5.82 Å². The van der Waals surface area contributed by atoms with Crippen molar-refractivity contribution in [3.63, 3.8) is 0 Å². The number of nitrogens with zero attached hydrogens (tertiary/aromatic N) is 3. The quantitative estimate of drug-likeness (QED) is 0.919. The molecule has 0 fully saturated rings. The van der Waals surface area contributed by atoms with Gasteiger partial charge in [-0.1, -0.05) is 12.1 Å². The van der Waals surface area contributed by atoms with Gasteiger partial charge in [0.2, 0.25) is 0 Å². The van der Waals surface area contributed by atoms with Gasteiger partial charge in [0.15, 0.2) is 0 Å². The number of fused-ring (bicyclic) bond motifs is 1. The highest BCUT2D eigenvalue weighted by molar-refractivity contribution is 5.80. The maximum Gasteiger partial charge on any atom is 0.142 e. The Hall–Kier alpha value is -2.58. The van der Waals surface area contributed by atoms with E-state index in [0.717, 1.165) is 47.6 Å². The molecule has 1 aliphatic rings. The van der Waals surface area contributed by atoms with Crippen LogP contribution in [-0.2, 0) is 13.0 Å². The molecule has 2 N–H and O–H groups in total. The van der Waals surface area contributed by atoms with E-state index < -0.39 is 0 Å². The van der Waals surface area contributed by atoms with E-state index in [-0.39, 0.29) is 0 Å². The number of methoxy groups -OCH3 is 1. The lowest BCUT2D eigenvalue weighted by Crippen LogP contribution is -2.28. The molecule has 1 aromatic heterocycles. The van der Waals surface area contributed by atoms with Crippen molar-refractivity contribution in [3.05, 3.63) is 41.1 Å². The van der Waals surface area contributed by atoms with E-state index in [1.165, 1.54) is 0 Å². The second-order valence-corrected chi connectivity index (χ2v) is 5.50. The maximum absolute atomic E-state index is 9.54. The molecule has 5 nitrogen and oxygen atoms in total. The van der Waals surface area contributed by atoms with Crippen LogP contribution in [-0.4, -0.2) is 30.6 Å². The SMILES string of the molecule is COc1cccc(-c2c(C#N)c(N)nc3c2CN(C)CC3)c1. The summed E-state index contributed by atoms with van der Waals surface area (Å²) in [5.74, 6) is 1.07. The average molecular weight is 294 g/mol. The number of hydrogen-bond donors (Lipinski definition) is 1. The third-order valence-electron chi connectivity index (χ3n) is 4.04. The van der Waals surface area contributed by atoms with Crippen molar-refractivity contribution in [2.45, 2.75) is 13.0 Å². The minimum atomic E-state index is 0.309. The van der Waals surface area contributed by atoms with E-state index in [1.54, 1.807) is 7.11 Å². The van der Waals surface area contributed by atoms with Crippen LogP contribution in [0, 0.1) is 11.3 Å². The molecule has 0 saturated carbocycles. The molecule has 0 radical (unpaired) electrons.